The topological polar surface area (TPSA) is 91.7 Å². The van der Waals surface area contributed by atoms with E-state index in [0.29, 0.717) is 12.8 Å². The zero-order chi connectivity index (χ0) is 11.5. The van der Waals surface area contributed by atoms with Crippen LogP contribution in [-0.4, -0.2) is 42.2 Å². The van der Waals surface area contributed by atoms with Crippen molar-refractivity contribution in [1.82, 2.24) is 0 Å². The molecule has 0 aromatic carbocycles. The first-order valence-electron chi connectivity index (χ1n) is 5.01. The first kappa shape index (κ1) is 12.4. The Morgan fingerprint density at radius 3 is 2.47 bits per heavy atom. The maximum absolute atomic E-state index is 11.3. The molecule has 5 nitrogen and oxygen atoms in total. The van der Waals surface area contributed by atoms with E-state index in [2.05, 4.69) is 0 Å². The van der Waals surface area contributed by atoms with E-state index in [4.69, 9.17) is 5.11 Å². The summed E-state index contributed by atoms with van der Waals surface area (Å²) in [5, 5.41) is 18.1. The molecule has 0 saturated carbocycles. The zero-order valence-corrected chi connectivity index (χ0v) is 9.24. The lowest BCUT2D eigenvalue weighted by molar-refractivity contribution is -0.137. The van der Waals surface area contributed by atoms with Gasteiger partial charge >= 0.3 is 5.97 Å². The van der Waals surface area contributed by atoms with Gasteiger partial charge in [-0.25, -0.2) is 8.42 Å². The van der Waals surface area contributed by atoms with E-state index in [-0.39, 0.29) is 30.3 Å². The predicted molar refractivity (Wildman–Crippen MR) is 54.3 cm³/mol. The Balaban J connectivity index is 2.54. The quantitative estimate of drug-likeness (QED) is 0.721. The second-order valence-electron chi connectivity index (χ2n) is 3.99. The van der Waals surface area contributed by atoms with Gasteiger partial charge < -0.3 is 10.2 Å². The molecule has 2 N–H and O–H groups in total. The normalized spacial score (nSPS) is 30.7. The fraction of sp³-hybridized carbons (Fsp3) is 0.889. The minimum absolute atomic E-state index is 0.0116. The highest BCUT2D eigenvalue weighted by atomic mass is 32.2. The number of hydrogen-bond donors (Lipinski definition) is 2. The SMILES string of the molecule is O=C(O)CC[C@H]1CCS(=O)(=O)CC[C@@H]1O. The molecule has 1 fully saturated rings. The van der Waals surface area contributed by atoms with Crippen molar-refractivity contribution in [1.29, 1.82) is 0 Å². The van der Waals surface area contributed by atoms with E-state index < -0.39 is 21.9 Å². The van der Waals surface area contributed by atoms with E-state index in [9.17, 15) is 18.3 Å². The van der Waals surface area contributed by atoms with E-state index in [1.807, 2.05) is 0 Å². The Hall–Kier alpha value is -0.620. The molecule has 1 saturated heterocycles. The second-order valence-corrected chi connectivity index (χ2v) is 6.29. The van der Waals surface area contributed by atoms with Crippen LogP contribution in [0.4, 0.5) is 0 Å². The van der Waals surface area contributed by atoms with Crippen molar-refractivity contribution in [2.24, 2.45) is 5.92 Å². The predicted octanol–water partition coefficient (Wildman–Crippen LogP) is 0.0369. The van der Waals surface area contributed by atoms with Crippen molar-refractivity contribution in [2.45, 2.75) is 31.8 Å². The number of carboxylic acid groups (broad SMARTS) is 1. The summed E-state index contributed by atoms with van der Waals surface area (Å²) in [6.45, 7) is 0. The number of aliphatic hydroxyl groups is 1. The molecule has 0 radical (unpaired) electrons. The molecule has 15 heavy (non-hydrogen) atoms. The van der Waals surface area contributed by atoms with Gasteiger partial charge in [-0.15, -0.1) is 0 Å². The van der Waals surface area contributed by atoms with E-state index in [0.717, 1.165) is 0 Å². The highest BCUT2D eigenvalue weighted by molar-refractivity contribution is 7.91. The van der Waals surface area contributed by atoms with Gasteiger partial charge in [-0.3, -0.25) is 4.79 Å². The average molecular weight is 236 g/mol. The fourth-order valence-corrected chi connectivity index (χ4v) is 3.27. The summed E-state index contributed by atoms with van der Waals surface area (Å²) in [5.41, 5.74) is 0. The van der Waals surface area contributed by atoms with Gasteiger partial charge in [0, 0.05) is 6.42 Å². The van der Waals surface area contributed by atoms with E-state index >= 15 is 0 Å². The van der Waals surface area contributed by atoms with Crippen molar-refractivity contribution < 1.29 is 23.4 Å². The van der Waals surface area contributed by atoms with Gasteiger partial charge in [-0.2, -0.15) is 0 Å². The molecule has 1 rings (SSSR count). The number of aliphatic hydroxyl groups excluding tert-OH is 1. The van der Waals surface area contributed by atoms with Crippen LogP contribution in [0.25, 0.3) is 0 Å². The summed E-state index contributed by atoms with van der Waals surface area (Å²) >= 11 is 0. The molecular formula is C9H16O5S. The smallest absolute Gasteiger partial charge is 0.303 e. The van der Waals surface area contributed by atoms with Crippen LogP contribution in [-0.2, 0) is 14.6 Å². The first-order valence-corrected chi connectivity index (χ1v) is 6.83. The highest BCUT2D eigenvalue weighted by Gasteiger charge is 2.27. The number of carbonyl (C=O) groups is 1. The third kappa shape index (κ3) is 4.17. The van der Waals surface area contributed by atoms with Gasteiger partial charge in [0.15, 0.2) is 0 Å². The Labute approximate surface area is 89.0 Å². The molecule has 0 aliphatic carbocycles. The Morgan fingerprint density at radius 2 is 1.87 bits per heavy atom. The van der Waals surface area contributed by atoms with E-state index in [1.165, 1.54) is 0 Å². The lowest BCUT2D eigenvalue weighted by atomic mass is 9.93. The van der Waals surface area contributed by atoms with Crippen molar-refractivity contribution in [2.75, 3.05) is 11.5 Å². The van der Waals surface area contributed by atoms with Crippen molar-refractivity contribution in [3.05, 3.63) is 0 Å². The third-order valence-electron chi connectivity index (χ3n) is 2.80. The number of rotatable bonds is 3. The van der Waals surface area contributed by atoms with Gasteiger partial charge in [0.2, 0.25) is 0 Å². The van der Waals surface area contributed by atoms with Crippen LogP contribution in [0.5, 0.6) is 0 Å². The molecule has 1 aliphatic heterocycles. The Kier molecular flexibility index (Phi) is 4.10. The molecule has 0 unspecified atom stereocenters. The highest BCUT2D eigenvalue weighted by Crippen LogP contribution is 2.23. The first-order chi connectivity index (χ1) is 6.91. The maximum Gasteiger partial charge on any atom is 0.303 e. The summed E-state index contributed by atoms with van der Waals surface area (Å²) in [6.07, 6.45) is 0.263. The minimum atomic E-state index is -3.03. The third-order valence-corrected chi connectivity index (χ3v) is 4.51. The van der Waals surface area contributed by atoms with Gasteiger partial charge in [0.1, 0.15) is 9.84 Å². The lowest BCUT2D eigenvalue weighted by Crippen LogP contribution is -2.20. The summed E-state index contributed by atoms with van der Waals surface area (Å²) in [7, 11) is -3.03. The molecule has 0 aromatic rings. The number of aliphatic carboxylic acids is 1. The van der Waals surface area contributed by atoms with Crippen molar-refractivity contribution >= 4 is 15.8 Å². The summed E-state index contributed by atoms with van der Waals surface area (Å²) in [4.78, 5) is 10.4. The molecule has 88 valence electrons. The molecule has 0 spiro atoms. The second kappa shape index (κ2) is 4.94. The molecule has 0 aromatic heterocycles. The van der Waals surface area contributed by atoms with Gasteiger partial charge in [0.05, 0.1) is 17.6 Å². The van der Waals surface area contributed by atoms with Gasteiger partial charge in [0.25, 0.3) is 0 Å². The van der Waals surface area contributed by atoms with Crippen molar-refractivity contribution in [3.8, 4) is 0 Å². The monoisotopic (exact) mass is 236 g/mol. The number of hydrogen-bond acceptors (Lipinski definition) is 4. The molecule has 0 bridgehead atoms. The molecule has 1 heterocycles. The van der Waals surface area contributed by atoms with Crippen molar-refractivity contribution in [3.63, 3.8) is 0 Å². The number of sulfone groups is 1. The van der Waals surface area contributed by atoms with Crippen LogP contribution in [0.2, 0.25) is 0 Å². The lowest BCUT2D eigenvalue weighted by Gasteiger charge is -2.18. The van der Waals surface area contributed by atoms with Crippen LogP contribution in [0, 0.1) is 5.92 Å². The van der Waals surface area contributed by atoms with Gasteiger partial charge in [-0.1, -0.05) is 0 Å². The molecule has 0 amide bonds. The van der Waals surface area contributed by atoms with Crippen LogP contribution >= 0.6 is 0 Å². The minimum Gasteiger partial charge on any atom is -0.481 e. The maximum atomic E-state index is 11.3. The summed E-state index contributed by atoms with van der Waals surface area (Å²) in [5.74, 6) is -1.03. The zero-order valence-electron chi connectivity index (χ0n) is 8.42. The Bertz CT molecular complexity index is 321. The molecule has 1 aliphatic rings. The molecule has 6 heteroatoms. The van der Waals surface area contributed by atoms with Crippen LogP contribution < -0.4 is 0 Å². The fourth-order valence-electron chi connectivity index (χ4n) is 1.81. The Morgan fingerprint density at radius 1 is 1.27 bits per heavy atom. The van der Waals surface area contributed by atoms with E-state index in [1.54, 1.807) is 0 Å². The largest absolute Gasteiger partial charge is 0.481 e. The van der Waals surface area contributed by atoms with Crippen LogP contribution in [0.3, 0.4) is 0 Å². The van der Waals surface area contributed by atoms with Crippen LogP contribution in [0.1, 0.15) is 25.7 Å². The molecular weight excluding hydrogens is 220 g/mol. The standard InChI is InChI=1S/C9H16O5S/c10-8-4-6-15(13,14)5-3-7(8)1-2-9(11)12/h7-8,10H,1-6H2,(H,11,12)/t7-,8-/m0/s1. The average Bonchev–Trinajstić information content (AvgIpc) is 2.25. The number of carboxylic acids is 1. The van der Waals surface area contributed by atoms with Gasteiger partial charge in [-0.05, 0) is 25.2 Å². The van der Waals surface area contributed by atoms with Crippen LogP contribution in [0.15, 0.2) is 0 Å². The summed E-state index contributed by atoms with van der Waals surface area (Å²) in [6, 6.07) is 0. The summed E-state index contributed by atoms with van der Waals surface area (Å²) < 4.78 is 22.5. The molecule has 2 atom stereocenters.